The second kappa shape index (κ2) is 3.57. The van der Waals surface area contributed by atoms with Crippen molar-refractivity contribution in [1.82, 2.24) is 4.98 Å². The van der Waals surface area contributed by atoms with Crippen molar-refractivity contribution in [2.75, 3.05) is 0 Å². The summed E-state index contributed by atoms with van der Waals surface area (Å²) in [5.74, 6) is 0. The van der Waals surface area contributed by atoms with Gasteiger partial charge in [-0.2, -0.15) is 0 Å². The second-order valence-electron chi connectivity index (χ2n) is 1.86. The summed E-state index contributed by atoms with van der Waals surface area (Å²) in [5, 5.41) is -0.261. The zero-order valence-corrected chi connectivity index (χ0v) is 7.50. The molecule has 0 radical (unpaired) electrons. The molecule has 5 nitrogen and oxygen atoms in total. The normalized spacial score (nSPS) is 9.33. The van der Waals surface area contributed by atoms with E-state index in [9.17, 15) is 18.3 Å². The third-order valence-electron chi connectivity index (χ3n) is 1.14. The molecular weight excluding hydrogens is 200 g/mol. The summed E-state index contributed by atoms with van der Waals surface area (Å²) in [4.78, 5) is 3.42. The van der Waals surface area contributed by atoms with Crippen molar-refractivity contribution in [3.63, 3.8) is 0 Å². The molecule has 12 heavy (non-hydrogen) atoms. The third kappa shape index (κ3) is 1.76. The van der Waals surface area contributed by atoms with Crippen LogP contribution in [0.3, 0.4) is 0 Å². The van der Waals surface area contributed by atoms with Crippen LogP contribution < -0.4 is 10.7 Å². The minimum atomic E-state index is -2.94. The number of rotatable bonds is 2. The molecule has 1 rings (SSSR count). The van der Waals surface area contributed by atoms with Crippen molar-refractivity contribution in [2.24, 2.45) is 0 Å². The van der Waals surface area contributed by atoms with Crippen LogP contribution in [-0.4, -0.2) is 4.98 Å². The molecule has 1 aromatic rings. The highest BCUT2D eigenvalue weighted by Gasteiger charge is 2.11. The number of hydrogen-bond acceptors (Lipinski definition) is 5. The van der Waals surface area contributed by atoms with E-state index < -0.39 is 20.8 Å². The fourth-order valence-corrected chi connectivity index (χ4v) is 2.01. The zero-order valence-electron chi connectivity index (χ0n) is 5.71. The minimum absolute atomic E-state index is 0.261. The van der Waals surface area contributed by atoms with Crippen LogP contribution in [0.15, 0.2) is 18.3 Å². The molecule has 0 saturated carbocycles. The predicted octanol–water partition coefficient (Wildman–Crippen LogP) is 0.678. The maximum atomic E-state index is 10.5. The Labute approximate surface area is 68.5 Å². The number of hydrogen-bond donors (Lipinski definition) is 0. The lowest BCUT2D eigenvalue weighted by atomic mass is 10.5. The largest absolute Gasteiger partial charge is 0.368 e. The quantitative estimate of drug-likeness (QED) is 0.660. The summed E-state index contributed by atoms with van der Waals surface area (Å²) in [6.07, 6.45) is 1.22. The van der Waals surface area contributed by atoms with Crippen LogP contribution in [0.1, 0.15) is 0 Å². The number of pyridine rings is 1. The van der Waals surface area contributed by atoms with Crippen molar-refractivity contribution in [3.8, 4) is 0 Å². The Morgan fingerprint density at radius 2 is 1.75 bits per heavy atom. The van der Waals surface area contributed by atoms with Gasteiger partial charge in [0.1, 0.15) is 5.30 Å². The van der Waals surface area contributed by atoms with Crippen LogP contribution in [0, 0.1) is 0 Å². The van der Waals surface area contributed by atoms with Gasteiger partial charge in [0.2, 0.25) is 0 Å². The smallest absolute Gasteiger partial charge is 0.245 e. The van der Waals surface area contributed by atoms with Crippen molar-refractivity contribution < 1.29 is 18.3 Å². The first-order valence-corrected chi connectivity index (χ1v) is 5.22. The van der Waals surface area contributed by atoms with E-state index in [4.69, 9.17) is 0 Å². The average molecular weight is 203 g/mol. The minimum Gasteiger partial charge on any atom is -0.245 e. The van der Waals surface area contributed by atoms with Gasteiger partial charge >= 0.3 is 15.4 Å². The highest BCUT2D eigenvalue weighted by molar-refractivity contribution is 7.48. The van der Waals surface area contributed by atoms with E-state index in [1.54, 1.807) is 0 Å². The lowest BCUT2D eigenvalue weighted by Gasteiger charge is -1.88. The SMILES string of the molecule is O=P(=O)c1cccnc1P(=O)=O. The molecule has 0 unspecified atom stereocenters. The standard InChI is InChI=1S/C5H3NO4P2/c7-11(8)4-2-1-3-6-5(4)12(9)10/h1-3H. The molecule has 0 aliphatic heterocycles. The van der Waals surface area contributed by atoms with Gasteiger partial charge in [-0.05, 0) is 12.1 Å². The topological polar surface area (TPSA) is 81.2 Å². The van der Waals surface area contributed by atoms with E-state index >= 15 is 0 Å². The molecule has 0 aliphatic rings. The lowest BCUT2D eigenvalue weighted by Crippen LogP contribution is -2.17. The molecule has 0 amide bonds. The van der Waals surface area contributed by atoms with Gasteiger partial charge in [-0.3, -0.25) is 0 Å². The van der Waals surface area contributed by atoms with E-state index in [1.807, 2.05) is 0 Å². The van der Waals surface area contributed by atoms with Crippen molar-refractivity contribution in [1.29, 1.82) is 0 Å². The van der Waals surface area contributed by atoms with E-state index in [0.717, 1.165) is 0 Å². The molecule has 0 saturated heterocycles. The Morgan fingerprint density at radius 3 is 2.17 bits per heavy atom. The summed E-state index contributed by atoms with van der Waals surface area (Å²) in [7, 11) is -5.84. The highest BCUT2D eigenvalue weighted by atomic mass is 31.1. The van der Waals surface area contributed by atoms with Gasteiger partial charge < -0.3 is 0 Å². The Kier molecular flexibility index (Phi) is 2.69. The van der Waals surface area contributed by atoms with Gasteiger partial charge in [-0.25, -0.2) is 23.2 Å². The lowest BCUT2D eigenvalue weighted by molar-refractivity contribution is 0.519. The van der Waals surface area contributed by atoms with E-state index in [-0.39, 0.29) is 5.30 Å². The molecule has 0 aromatic carbocycles. The summed E-state index contributed by atoms with van der Waals surface area (Å²) in [6.45, 7) is 0. The van der Waals surface area contributed by atoms with Crippen molar-refractivity contribution in [2.45, 2.75) is 0 Å². The summed E-state index contributed by atoms with van der Waals surface area (Å²) < 4.78 is 41.8. The van der Waals surface area contributed by atoms with Gasteiger partial charge in [0, 0.05) is 6.20 Å². The third-order valence-corrected chi connectivity index (χ3v) is 2.77. The van der Waals surface area contributed by atoms with Crippen LogP contribution in [0.5, 0.6) is 0 Å². The maximum Gasteiger partial charge on any atom is 0.368 e. The molecular formula is C5H3NO4P2. The first kappa shape index (κ1) is 9.04. The van der Waals surface area contributed by atoms with Gasteiger partial charge in [-0.1, -0.05) is 0 Å². The number of nitrogens with zero attached hydrogens (tertiary/aromatic N) is 1. The van der Waals surface area contributed by atoms with E-state index in [0.29, 0.717) is 0 Å². The first-order valence-electron chi connectivity index (χ1n) is 2.86. The van der Waals surface area contributed by atoms with Gasteiger partial charge in [0.05, 0.1) is 0 Å². The Morgan fingerprint density at radius 1 is 1.08 bits per heavy atom. The van der Waals surface area contributed by atoms with Crippen LogP contribution in [0.25, 0.3) is 0 Å². The van der Waals surface area contributed by atoms with Gasteiger partial charge in [0.25, 0.3) is 0 Å². The van der Waals surface area contributed by atoms with Crippen LogP contribution in [0.2, 0.25) is 0 Å². The average Bonchev–Trinajstić information content (AvgIpc) is 2.04. The first-order chi connectivity index (χ1) is 5.63. The molecule has 1 heterocycles. The van der Waals surface area contributed by atoms with Crippen molar-refractivity contribution in [3.05, 3.63) is 18.3 Å². The maximum absolute atomic E-state index is 10.5. The molecule has 0 spiro atoms. The Bertz CT molecular complexity index is 378. The van der Waals surface area contributed by atoms with Gasteiger partial charge in [0.15, 0.2) is 5.44 Å². The Balaban J connectivity index is 3.47. The molecule has 7 heteroatoms. The van der Waals surface area contributed by atoms with Crippen LogP contribution >= 0.6 is 15.4 Å². The summed E-state index contributed by atoms with van der Waals surface area (Å²) in [6, 6.07) is 2.56. The molecule has 0 N–H and O–H groups in total. The van der Waals surface area contributed by atoms with Crippen LogP contribution in [-0.2, 0) is 18.3 Å². The van der Waals surface area contributed by atoms with E-state index in [1.165, 1.54) is 18.3 Å². The van der Waals surface area contributed by atoms with Gasteiger partial charge in [-0.15, -0.1) is 0 Å². The molecule has 0 aliphatic carbocycles. The Hall–Kier alpha value is -1.05. The predicted molar refractivity (Wildman–Crippen MR) is 40.1 cm³/mol. The second-order valence-corrected chi connectivity index (χ2v) is 3.79. The summed E-state index contributed by atoms with van der Waals surface area (Å²) >= 11 is 0. The molecule has 62 valence electrons. The fraction of sp³-hybridized carbons (Fsp3) is 0. The number of aromatic nitrogens is 1. The van der Waals surface area contributed by atoms with Crippen molar-refractivity contribution >= 4 is 26.1 Å². The monoisotopic (exact) mass is 203 g/mol. The molecule has 0 bridgehead atoms. The van der Waals surface area contributed by atoms with Crippen LogP contribution in [0.4, 0.5) is 0 Å². The van der Waals surface area contributed by atoms with E-state index in [2.05, 4.69) is 4.98 Å². The summed E-state index contributed by atoms with van der Waals surface area (Å²) in [5.41, 5.74) is -0.399. The fourth-order valence-electron chi connectivity index (χ4n) is 0.672. The highest BCUT2D eigenvalue weighted by Crippen LogP contribution is 2.07. The zero-order chi connectivity index (χ0) is 9.14. The molecule has 0 atom stereocenters. The molecule has 1 aromatic heterocycles. The molecule has 0 fully saturated rings.